The van der Waals surface area contributed by atoms with E-state index in [9.17, 15) is 4.79 Å². The minimum absolute atomic E-state index is 0.340. The smallest absolute Gasteiger partial charge is 0.307 e. The Morgan fingerprint density at radius 1 is 1.59 bits per heavy atom. The molecule has 5 nitrogen and oxygen atoms in total. The Balaban J connectivity index is 2.61. The number of rotatable bonds is 7. The number of hydrogen-bond donors (Lipinski definition) is 1. The van der Waals surface area contributed by atoms with Gasteiger partial charge < -0.3 is 9.67 Å². The summed E-state index contributed by atoms with van der Waals surface area (Å²) < 4.78 is 2.08. The van der Waals surface area contributed by atoms with Crippen molar-refractivity contribution in [1.82, 2.24) is 14.5 Å². The molecule has 0 aliphatic rings. The summed E-state index contributed by atoms with van der Waals surface area (Å²) in [7, 11) is 0. The molecule has 0 aromatic carbocycles. The topological polar surface area (TPSA) is 58.4 Å². The van der Waals surface area contributed by atoms with Gasteiger partial charge in [-0.25, -0.2) is 4.98 Å². The molecule has 0 saturated heterocycles. The Bertz CT molecular complexity index is 362. The summed E-state index contributed by atoms with van der Waals surface area (Å²) >= 11 is 0. The Labute approximate surface area is 102 Å². The van der Waals surface area contributed by atoms with Crippen LogP contribution < -0.4 is 0 Å². The molecule has 96 valence electrons. The number of aliphatic carboxylic acids is 1. The van der Waals surface area contributed by atoms with Gasteiger partial charge in [0, 0.05) is 25.8 Å². The van der Waals surface area contributed by atoms with Crippen molar-refractivity contribution in [2.75, 3.05) is 13.1 Å². The van der Waals surface area contributed by atoms with Crippen LogP contribution in [0, 0.1) is 5.92 Å². The fraction of sp³-hybridized carbons (Fsp3) is 0.667. The van der Waals surface area contributed by atoms with Crippen LogP contribution in [0.15, 0.2) is 12.5 Å². The van der Waals surface area contributed by atoms with Crippen LogP contribution in [0.2, 0.25) is 0 Å². The molecule has 1 rings (SSSR count). The molecule has 17 heavy (non-hydrogen) atoms. The highest BCUT2D eigenvalue weighted by molar-refractivity contribution is 5.69. The first-order valence-electron chi connectivity index (χ1n) is 6.02. The maximum atomic E-state index is 10.8. The van der Waals surface area contributed by atoms with Gasteiger partial charge in [0.1, 0.15) is 0 Å². The van der Waals surface area contributed by atoms with Crippen molar-refractivity contribution >= 4 is 5.97 Å². The highest BCUT2D eigenvalue weighted by atomic mass is 16.4. The number of imidazole rings is 1. The summed E-state index contributed by atoms with van der Waals surface area (Å²) in [5.41, 5.74) is 1.13. The van der Waals surface area contributed by atoms with Gasteiger partial charge in [-0.15, -0.1) is 0 Å². The van der Waals surface area contributed by atoms with Gasteiger partial charge in [-0.2, -0.15) is 0 Å². The number of carbonyl (C=O) groups is 1. The maximum absolute atomic E-state index is 10.8. The Hall–Kier alpha value is -1.36. The molecule has 1 unspecified atom stereocenters. The van der Waals surface area contributed by atoms with Crippen LogP contribution in [-0.2, 0) is 17.9 Å². The van der Waals surface area contributed by atoms with Crippen LogP contribution >= 0.6 is 0 Å². The number of carboxylic acids is 1. The van der Waals surface area contributed by atoms with E-state index in [0.29, 0.717) is 6.54 Å². The van der Waals surface area contributed by atoms with Crippen molar-refractivity contribution in [3.05, 3.63) is 18.2 Å². The predicted octanol–water partition coefficient (Wildman–Crippen LogP) is 1.45. The number of aryl methyl sites for hydroxylation is 1. The number of aromatic nitrogens is 2. The monoisotopic (exact) mass is 239 g/mol. The average Bonchev–Trinajstić information content (AvgIpc) is 2.75. The van der Waals surface area contributed by atoms with Gasteiger partial charge >= 0.3 is 5.97 Å². The van der Waals surface area contributed by atoms with E-state index in [-0.39, 0.29) is 5.92 Å². The van der Waals surface area contributed by atoms with Crippen molar-refractivity contribution in [3.63, 3.8) is 0 Å². The van der Waals surface area contributed by atoms with E-state index in [0.717, 1.165) is 25.3 Å². The van der Waals surface area contributed by atoms with Crippen LogP contribution in [0.25, 0.3) is 0 Å². The van der Waals surface area contributed by atoms with E-state index < -0.39 is 5.97 Å². The highest BCUT2D eigenvalue weighted by Gasteiger charge is 2.16. The third-order valence-corrected chi connectivity index (χ3v) is 2.93. The largest absolute Gasteiger partial charge is 0.481 e. The van der Waals surface area contributed by atoms with Crippen LogP contribution in [0.3, 0.4) is 0 Å². The molecule has 1 aromatic heterocycles. The highest BCUT2D eigenvalue weighted by Crippen LogP contribution is 2.07. The van der Waals surface area contributed by atoms with Crippen LogP contribution in [0.1, 0.15) is 26.5 Å². The summed E-state index contributed by atoms with van der Waals surface area (Å²) in [6.07, 6.45) is 3.65. The van der Waals surface area contributed by atoms with E-state index in [4.69, 9.17) is 5.11 Å². The molecule has 5 heteroatoms. The number of nitrogens with zero attached hydrogens (tertiary/aromatic N) is 3. The lowest BCUT2D eigenvalue weighted by Gasteiger charge is -2.22. The third kappa shape index (κ3) is 3.85. The zero-order chi connectivity index (χ0) is 12.8. The summed E-state index contributed by atoms with van der Waals surface area (Å²) in [5.74, 6) is -1.08. The first-order chi connectivity index (χ1) is 8.08. The fourth-order valence-corrected chi connectivity index (χ4v) is 1.76. The van der Waals surface area contributed by atoms with Gasteiger partial charge in [0.25, 0.3) is 0 Å². The van der Waals surface area contributed by atoms with Gasteiger partial charge in [-0.05, 0) is 13.5 Å². The normalized spacial score (nSPS) is 12.9. The molecule has 1 heterocycles. The zero-order valence-electron chi connectivity index (χ0n) is 10.8. The summed E-state index contributed by atoms with van der Waals surface area (Å²) in [4.78, 5) is 17.1. The first-order valence-corrected chi connectivity index (χ1v) is 6.02. The molecule has 0 radical (unpaired) electrons. The second kappa shape index (κ2) is 6.39. The Morgan fingerprint density at radius 2 is 2.29 bits per heavy atom. The summed E-state index contributed by atoms with van der Waals surface area (Å²) in [6.45, 7) is 8.90. The van der Waals surface area contributed by atoms with Crippen molar-refractivity contribution in [3.8, 4) is 0 Å². The van der Waals surface area contributed by atoms with Gasteiger partial charge in [0.2, 0.25) is 0 Å². The molecule has 0 saturated carbocycles. The molecular formula is C12H21N3O2. The molecule has 1 aromatic rings. The first kappa shape index (κ1) is 13.7. The van der Waals surface area contributed by atoms with Gasteiger partial charge in [0.05, 0.1) is 17.9 Å². The zero-order valence-corrected chi connectivity index (χ0v) is 10.8. The molecule has 0 fully saturated rings. The van der Waals surface area contributed by atoms with Crippen LogP contribution in [0.5, 0.6) is 0 Å². The van der Waals surface area contributed by atoms with E-state index in [2.05, 4.69) is 21.4 Å². The second-order valence-corrected chi connectivity index (χ2v) is 4.24. The van der Waals surface area contributed by atoms with Crippen molar-refractivity contribution in [2.45, 2.75) is 33.9 Å². The summed E-state index contributed by atoms with van der Waals surface area (Å²) in [5, 5.41) is 8.91. The average molecular weight is 239 g/mol. The molecular weight excluding hydrogens is 218 g/mol. The van der Waals surface area contributed by atoms with Crippen molar-refractivity contribution in [1.29, 1.82) is 0 Å². The van der Waals surface area contributed by atoms with Gasteiger partial charge in [-0.3, -0.25) is 9.69 Å². The molecule has 0 aliphatic carbocycles. The van der Waals surface area contributed by atoms with E-state index in [1.807, 2.05) is 19.4 Å². The molecule has 1 atom stereocenters. The number of carboxylic acid groups (broad SMARTS) is 1. The lowest BCUT2D eigenvalue weighted by atomic mass is 10.1. The lowest BCUT2D eigenvalue weighted by Crippen LogP contribution is -2.32. The molecule has 0 bridgehead atoms. The van der Waals surface area contributed by atoms with Crippen molar-refractivity contribution in [2.24, 2.45) is 5.92 Å². The Morgan fingerprint density at radius 3 is 2.82 bits per heavy atom. The number of hydrogen-bond acceptors (Lipinski definition) is 3. The quantitative estimate of drug-likeness (QED) is 0.782. The van der Waals surface area contributed by atoms with E-state index >= 15 is 0 Å². The maximum Gasteiger partial charge on any atom is 0.307 e. The predicted molar refractivity (Wildman–Crippen MR) is 65.7 cm³/mol. The molecule has 0 amide bonds. The minimum atomic E-state index is -0.743. The van der Waals surface area contributed by atoms with Crippen LogP contribution in [0.4, 0.5) is 0 Å². The van der Waals surface area contributed by atoms with Gasteiger partial charge in [-0.1, -0.05) is 13.8 Å². The second-order valence-electron chi connectivity index (χ2n) is 4.24. The standard InChI is InChI=1S/C12H21N3O2/c1-4-14(7-10(3)12(16)17)8-11-6-13-9-15(11)5-2/h6,9-10H,4-5,7-8H2,1-3H3,(H,16,17). The van der Waals surface area contributed by atoms with E-state index in [1.54, 1.807) is 6.92 Å². The molecule has 0 aliphatic heterocycles. The van der Waals surface area contributed by atoms with Gasteiger partial charge in [0.15, 0.2) is 0 Å². The van der Waals surface area contributed by atoms with E-state index in [1.165, 1.54) is 0 Å². The van der Waals surface area contributed by atoms with Crippen LogP contribution in [-0.4, -0.2) is 38.6 Å². The third-order valence-electron chi connectivity index (χ3n) is 2.93. The molecule has 1 N–H and O–H groups in total. The molecule has 0 spiro atoms. The van der Waals surface area contributed by atoms with Crippen molar-refractivity contribution < 1.29 is 9.90 Å². The SMILES string of the molecule is CCN(Cc1cncn1CC)CC(C)C(=O)O. The fourth-order valence-electron chi connectivity index (χ4n) is 1.76. The minimum Gasteiger partial charge on any atom is -0.481 e. The summed E-state index contributed by atoms with van der Waals surface area (Å²) in [6, 6.07) is 0. The lowest BCUT2D eigenvalue weighted by molar-refractivity contribution is -0.141. The Kier molecular flexibility index (Phi) is 5.15.